The lowest BCUT2D eigenvalue weighted by Gasteiger charge is -2.22. The van der Waals surface area contributed by atoms with Gasteiger partial charge in [-0.1, -0.05) is 42.0 Å². The van der Waals surface area contributed by atoms with E-state index in [1.165, 1.54) is 27.9 Å². The topological polar surface area (TPSA) is 29.3 Å². The molecule has 2 aromatic rings. The average Bonchev–Trinajstić information content (AvgIpc) is 2.38. The van der Waals surface area contributed by atoms with Crippen LogP contribution in [0.4, 0.5) is 5.69 Å². The van der Waals surface area contributed by atoms with Gasteiger partial charge in [-0.25, -0.2) is 0 Å². The smallest absolute Gasteiger partial charge is 0.0426 e. The Kier molecular flexibility index (Phi) is 4.23. The molecule has 2 nitrogen and oxygen atoms in total. The van der Waals surface area contributed by atoms with Crippen molar-refractivity contribution in [2.45, 2.75) is 26.9 Å². The van der Waals surface area contributed by atoms with E-state index in [0.717, 1.165) is 6.54 Å². The lowest BCUT2D eigenvalue weighted by atomic mass is 10.1. The van der Waals surface area contributed by atoms with Gasteiger partial charge in [0.1, 0.15) is 0 Å². The normalized spacial score (nSPS) is 10.5. The number of hydrogen-bond donors (Lipinski definition) is 1. The first kappa shape index (κ1) is 13.6. The molecule has 0 aliphatic rings. The molecule has 2 rings (SSSR count). The molecule has 0 unspecified atom stereocenters. The largest absolute Gasteiger partial charge is 0.370 e. The molecule has 0 aromatic heterocycles. The molecular weight excluding hydrogens is 232 g/mol. The Hall–Kier alpha value is -1.80. The maximum atomic E-state index is 5.69. The molecule has 0 aliphatic heterocycles. The van der Waals surface area contributed by atoms with Crippen LogP contribution >= 0.6 is 0 Å². The summed E-state index contributed by atoms with van der Waals surface area (Å²) in [6.45, 7) is 5.79. The van der Waals surface area contributed by atoms with Crippen LogP contribution in [-0.2, 0) is 13.1 Å². The van der Waals surface area contributed by atoms with Gasteiger partial charge >= 0.3 is 0 Å². The van der Waals surface area contributed by atoms with Crippen LogP contribution in [0.2, 0.25) is 0 Å². The highest BCUT2D eigenvalue weighted by molar-refractivity contribution is 5.54. The van der Waals surface area contributed by atoms with Gasteiger partial charge in [-0.15, -0.1) is 0 Å². The second kappa shape index (κ2) is 5.89. The number of hydrogen-bond acceptors (Lipinski definition) is 2. The minimum absolute atomic E-state index is 0.598. The molecule has 0 bridgehead atoms. The fourth-order valence-corrected chi connectivity index (χ4v) is 2.45. The highest BCUT2D eigenvalue weighted by atomic mass is 15.1. The van der Waals surface area contributed by atoms with Gasteiger partial charge in [-0.05, 0) is 36.6 Å². The Morgan fingerprint density at radius 3 is 2.42 bits per heavy atom. The summed E-state index contributed by atoms with van der Waals surface area (Å²) in [7, 11) is 2.13. The number of rotatable bonds is 4. The summed E-state index contributed by atoms with van der Waals surface area (Å²) >= 11 is 0. The van der Waals surface area contributed by atoms with Crippen LogP contribution in [0, 0.1) is 13.8 Å². The van der Waals surface area contributed by atoms with Crippen LogP contribution in [-0.4, -0.2) is 7.05 Å². The number of benzene rings is 2. The van der Waals surface area contributed by atoms with Crippen LogP contribution < -0.4 is 10.6 Å². The summed E-state index contributed by atoms with van der Waals surface area (Å²) in [6, 6.07) is 15.1. The molecule has 0 amide bonds. The molecule has 0 atom stereocenters. The van der Waals surface area contributed by atoms with Crippen LogP contribution in [0.3, 0.4) is 0 Å². The molecule has 100 valence electrons. The van der Waals surface area contributed by atoms with Gasteiger partial charge in [-0.3, -0.25) is 0 Å². The second-order valence-corrected chi connectivity index (χ2v) is 5.17. The minimum Gasteiger partial charge on any atom is -0.370 e. The van der Waals surface area contributed by atoms with Gasteiger partial charge in [-0.2, -0.15) is 0 Å². The number of nitrogens with two attached hydrogens (primary N) is 1. The fraction of sp³-hybridized carbons (Fsp3) is 0.294. The van der Waals surface area contributed by atoms with E-state index in [1.807, 2.05) is 0 Å². The van der Waals surface area contributed by atoms with Crippen molar-refractivity contribution < 1.29 is 0 Å². The summed E-state index contributed by atoms with van der Waals surface area (Å²) in [4.78, 5) is 2.28. The highest BCUT2D eigenvalue weighted by Gasteiger charge is 2.05. The molecule has 0 heterocycles. The third-order valence-corrected chi connectivity index (χ3v) is 3.41. The molecule has 2 heteroatoms. The monoisotopic (exact) mass is 254 g/mol. The number of nitrogens with zero attached hydrogens (tertiary/aromatic N) is 1. The Balaban J connectivity index is 2.17. The molecular formula is C17H22N2. The van der Waals surface area contributed by atoms with Crippen molar-refractivity contribution in [3.8, 4) is 0 Å². The molecule has 2 aromatic carbocycles. The molecule has 2 N–H and O–H groups in total. The summed E-state index contributed by atoms with van der Waals surface area (Å²) < 4.78 is 0. The van der Waals surface area contributed by atoms with Gasteiger partial charge in [0, 0.05) is 25.8 Å². The SMILES string of the molecule is Cc1ccc(N(C)Cc2cccc(CN)c2)c(C)c1. The van der Waals surface area contributed by atoms with Gasteiger partial charge in [0.05, 0.1) is 0 Å². The Labute approximate surface area is 115 Å². The van der Waals surface area contributed by atoms with E-state index in [4.69, 9.17) is 5.73 Å². The number of aryl methyl sites for hydroxylation is 2. The molecule has 0 saturated carbocycles. The average molecular weight is 254 g/mol. The Morgan fingerprint density at radius 1 is 1.00 bits per heavy atom. The zero-order valence-corrected chi connectivity index (χ0v) is 12.0. The molecule has 19 heavy (non-hydrogen) atoms. The summed E-state index contributed by atoms with van der Waals surface area (Å²) in [5.41, 5.74) is 12.1. The zero-order chi connectivity index (χ0) is 13.8. The van der Waals surface area contributed by atoms with Gasteiger partial charge in [0.2, 0.25) is 0 Å². The summed E-state index contributed by atoms with van der Waals surface area (Å²) in [6.07, 6.45) is 0. The molecule has 0 fully saturated rings. The van der Waals surface area contributed by atoms with Gasteiger partial charge in [0.15, 0.2) is 0 Å². The second-order valence-electron chi connectivity index (χ2n) is 5.17. The van der Waals surface area contributed by atoms with Gasteiger partial charge < -0.3 is 10.6 Å². The maximum absolute atomic E-state index is 5.69. The van der Waals surface area contributed by atoms with E-state index in [0.29, 0.717) is 6.54 Å². The standard InChI is InChI=1S/C17H22N2/c1-13-7-8-17(14(2)9-13)19(3)12-16-6-4-5-15(10-16)11-18/h4-10H,11-12,18H2,1-3H3. The third kappa shape index (κ3) is 3.36. The van der Waals surface area contributed by atoms with Crippen molar-refractivity contribution in [2.75, 3.05) is 11.9 Å². The van der Waals surface area contributed by atoms with Crippen LogP contribution in [0.15, 0.2) is 42.5 Å². The van der Waals surface area contributed by atoms with E-state index in [2.05, 4.69) is 68.3 Å². The van der Waals surface area contributed by atoms with Crippen LogP contribution in [0.5, 0.6) is 0 Å². The molecule has 0 saturated heterocycles. The lowest BCUT2D eigenvalue weighted by molar-refractivity contribution is 0.911. The van der Waals surface area contributed by atoms with E-state index in [1.54, 1.807) is 0 Å². The number of anilines is 1. The zero-order valence-electron chi connectivity index (χ0n) is 12.0. The van der Waals surface area contributed by atoms with Gasteiger partial charge in [0.25, 0.3) is 0 Å². The van der Waals surface area contributed by atoms with E-state index in [9.17, 15) is 0 Å². The Bertz CT molecular complexity index is 561. The maximum Gasteiger partial charge on any atom is 0.0426 e. The molecule has 0 spiro atoms. The van der Waals surface area contributed by atoms with Crippen molar-refractivity contribution in [3.05, 3.63) is 64.7 Å². The predicted molar refractivity (Wildman–Crippen MR) is 82.4 cm³/mol. The first-order valence-corrected chi connectivity index (χ1v) is 6.66. The van der Waals surface area contributed by atoms with Crippen LogP contribution in [0.25, 0.3) is 0 Å². The summed E-state index contributed by atoms with van der Waals surface area (Å²) in [5, 5.41) is 0. The quantitative estimate of drug-likeness (QED) is 0.906. The highest BCUT2D eigenvalue weighted by Crippen LogP contribution is 2.21. The first-order valence-electron chi connectivity index (χ1n) is 6.66. The fourth-order valence-electron chi connectivity index (χ4n) is 2.45. The van der Waals surface area contributed by atoms with Crippen LogP contribution in [0.1, 0.15) is 22.3 Å². The van der Waals surface area contributed by atoms with Crippen molar-refractivity contribution in [1.29, 1.82) is 0 Å². The predicted octanol–water partition coefficient (Wildman–Crippen LogP) is 3.40. The minimum atomic E-state index is 0.598. The third-order valence-electron chi connectivity index (χ3n) is 3.41. The molecule has 0 radical (unpaired) electrons. The summed E-state index contributed by atoms with van der Waals surface area (Å²) in [5.74, 6) is 0. The van der Waals surface area contributed by atoms with E-state index < -0.39 is 0 Å². The van der Waals surface area contributed by atoms with Crippen molar-refractivity contribution in [3.63, 3.8) is 0 Å². The van der Waals surface area contributed by atoms with Crippen molar-refractivity contribution >= 4 is 5.69 Å². The van der Waals surface area contributed by atoms with Crippen molar-refractivity contribution in [1.82, 2.24) is 0 Å². The Morgan fingerprint density at radius 2 is 1.74 bits per heavy atom. The molecule has 0 aliphatic carbocycles. The van der Waals surface area contributed by atoms with Crippen molar-refractivity contribution in [2.24, 2.45) is 5.73 Å². The van der Waals surface area contributed by atoms with E-state index >= 15 is 0 Å². The first-order chi connectivity index (χ1) is 9.10. The van der Waals surface area contributed by atoms with E-state index in [-0.39, 0.29) is 0 Å². The lowest BCUT2D eigenvalue weighted by Crippen LogP contribution is -2.17.